The minimum absolute atomic E-state index is 0.114. The van der Waals surface area contributed by atoms with Crippen molar-refractivity contribution < 1.29 is 9.53 Å². The molecule has 0 spiro atoms. The van der Waals surface area contributed by atoms with Crippen molar-refractivity contribution in [1.82, 2.24) is 10.3 Å². The highest BCUT2D eigenvalue weighted by molar-refractivity contribution is 5.81. The summed E-state index contributed by atoms with van der Waals surface area (Å²) >= 11 is 0. The van der Waals surface area contributed by atoms with Crippen molar-refractivity contribution in [2.24, 2.45) is 5.84 Å². The van der Waals surface area contributed by atoms with Gasteiger partial charge in [0.15, 0.2) is 0 Å². The van der Waals surface area contributed by atoms with E-state index in [1.807, 2.05) is 11.9 Å². The third-order valence-corrected chi connectivity index (χ3v) is 2.40. The first-order valence-corrected chi connectivity index (χ1v) is 5.37. The molecule has 0 rings (SSSR count). The van der Waals surface area contributed by atoms with E-state index >= 15 is 0 Å². The summed E-state index contributed by atoms with van der Waals surface area (Å²) in [6, 6.07) is -0.128. The Morgan fingerprint density at radius 1 is 1.60 bits per heavy atom. The Morgan fingerprint density at radius 3 is 2.73 bits per heavy atom. The zero-order valence-electron chi connectivity index (χ0n) is 9.95. The molecule has 0 saturated heterocycles. The fourth-order valence-corrected chi connectivity index (χ4v) is 1.54. The lowest BCUT2D eigenvalue weighted by Gasteiger charge is -2.25. The van der Waals surface area contributed by atoms with E-state index in [9.17, 15) is 4.79 Å². The van der Waals surface area contributed by atoms with Crippen molar-refractivity contribution in [1.29, 1.82) is 0 Å². The molecule has 5 heteroatoms. The van der Waals surface area contributed by atoms with Gasteiger partial charge in [-0.25, -0.2) is 5.84 Å². The largest absolute Gasteiger partial charge is 0.385 e. The van der Waals surface area contributed by atoms with Crippen molar-refractivity contribution >= 4 is 5.91 Å². The Kier molecular flexibility index (Phi) is 8.27. The molecule has 3 N–H and O–H groups in total. The molecule has 1 atom stereocenters. The van der Waals surface area contributed by atoms with Crippen molar-refractivity contribution in [3.63, 3.8) is 0 Å². The summed E-state index contributed by atoms with van der Waals surface area (Å²) in [6.45, 7) is 3.61. The smallest absolute Gasteiger partial charge is 0.251 e. The highest BCUT2D eigenvalue weighted by Gasteiger charge is 2.20. The van der Waals surface area contributed by atoms with E-state index in [0.29, 0.717) is 6.61 Å². The van der Waals surface area contributed by atoms with Crippen LogP contribution in [-0.2, 0) is 9.53 Å². The number of methoxy groups -OCH3 is 1. The summed E-state index contributed by atoms with van der Waals surface area (Å²) in [6.07, 6.45) is 2.71. The summed E-state index contributed by atoms with van der Waals surface area (Å²) in [5.41, 5.74) is 2.21. The molecule has 0 aliphatic rings. The van der Waals surface area contributed by atoms with Crippen molar-refractivity contribution in [2.45, 2.75) is 32.2 Å². The van der Waals surface area contributed by atoms with E-state index in [1.165, 1.54) is 0 Å². The van der Waals surface area contributed by atoms with Gasteiger partial charge in [0.1, 0.15) is 0 Å². The molecule has 0 aromatic heterocycles. The number of carbonyl (C=O) groups excluding carboxylic acids is 1. The van der Waals surface area contributed by atoms with Crippen molar-refractivity contribution in [2.75, 3.05) is 27.3 Å². The average molecular weight is 217 g/mol. The number of hydrogen-bond acceptors (Lipinski definition) is 4. The SMILES string of the molecule is CCCC(C(=O)NN)N(C)CCCOC. The Hall–Kier alpha value is -0.650. The second kappa shape index (κ2) is 8.64. The number of nitrogens with one attached hydrogen (secondary N) is 1. The van der Waals surface area contributed by atoms with Crippen LogP contribution in [0.5, 0.6) is 0 Å². The number of hydrazine groups is 1. The molecule has 5 nitrogen and oxygen atoms in total. The fraction of sp³-hybridized carbons (Fsp3) is 0.900. The highest BCUT2D eigenvalue weighted by Crippen LogP contribution is 2.05. The van der Waals surface area contributed by atoms with Crippen LogP contribution >= 0.6 is 0 Å². The van der Waals surface area contributed by atoms with Crippen LogP contribution < -0.4 is 11.3 Å². The van der Waals surface area contributed by atoms with Gasteiger partial charge in [-0.05, 0) is 19.9 Å². The van der Waals surface area contributed by atoms with Gasteiger partial charge >= 0.3 is 0 Å². The van der Waals surface area contributed by atoms with Gasteiger partial charge in [-0.1, -0.05) is 13.3 Å². The monoisotopic (exact) mass is 217 g/mol. The third kappa shape index (κ3) is 5.71. The van der Waals surface area contributed by atoms with Crippen LogP contribution in [-0.4, -0.2) is 44.2 Å². The Bertz CT molecular complexity index is 176. The summed E-state index contributed by atoms with van der Waals surface area (Å²) in [7, 11) is 3.61. The number of amides is 1. The maximum absolute atomic E-state index is 11.5. The fourth-order valence-electron chi connectivity index (χ4n) is 1.54. The van der Waals surface area contributed by atoms with Crippen LogP contribution in [0.2, 0.25) is 0 Å². The first-order valence-electron chi connectivity index (χ1n) is 5.37. The molecule has 15 heavy (non-hydrogen) atoms. The molecule has 0 aliphatic heterocycles. The zero-order chi connectivity index (χ0) is 11.7. The second-order valence-electron chi connectivity index (χ2n) is 3.64. The van der Waals surface area contributed by atoms with Gasteiger partial charge in [-0.3, -0.25) is 15.1 Å². The molecule has 1 unspecified atom stereocenters. The van der Waals surface area contributed by atoms with Crippen LogP contribution in [0.15, 0.2) is 0 Å². The van der Waals surface area contributed by atoms with Gasteiger partial charge in [-0.15, -0.1) is 0 Å². The van der Waals surface area contributed by atoms with E-state index in [-0.39, 0.29) is 11.9 Å². The number of carbonyl (C=O) groups is 1. The molecular weight excluding hydrogens is 194 g/mol. The summed E-state index contributed by atoms with van der Waals surface area (Å²) in [4.78, 5) is 13.5. The van der Waals surface area contributed by atoms with Gasteiger partial charge in [0.2, 0.25) is 0 Å². The number of ether oxygens (including phenoxy) is 1. The van der Waals surface area contributed by atoms with Crippen LogP contribution in [0.3, 0.4) is 0 Å². The Balaban J connectivity index is 4.03. The number of nitrogens with two attached hydrogens (primary N) is 1. The molecule has 1 amide bonds. The first-order chi connectivity index (χ1) is 7.17. The van der Waals surface area contributed by atoms with Crippen molar-refractivity contribution in [3.05, 3.63) is 0 Å². The number of rotatable bonds is 8. The third-order valence-electron chi connectivity index (χ3n) is 2.40. The molecule has 0 saturated carbocycles. The standard InChI is InChI=1S/C10H23N3O2/c1-4-6-9(10(14)12-11)13(2)7-5-8-15-3/h9H,4-8,11H2,1-3H3,(H,12,14). The minimum atomic E-state index is -0.128. The van der Waals surface area contributed by atoms with Crippen LogP contribution in [0, 0.1) is 0 Å². The number of nitrogens with zero attached hydrogens (tertiary/aromatic N) is 1. The summed E-state index contributed by atoms with van der Waals surface area (Å²) in [5, 5.41) is 0. The predicted molar refractivity (Wildman–Crippen MR) is 60.1 cm³/mol. The quantitative estimate of drug-likeness (QED) is 0.262. The Morgan fingerprint density at radius 2 is 2.27 bits per heavy atom. The van der Waals surface area contributed by atoms with E-state index in [1.54, 1.807) is 7.11 Å². The molecule has 0 aromatic carbocycles. The van der Waals surface area contributed by atoms with E-state index in [2.05, 4.69) is 12.3 Å². The number of hydrogen-bond donors (Lipinski definition) is 2. The zero-order valence-corrected chi connectivity index (χ0v) is 9.95. The molecular formula is C10H23N3O2. The number of likely N-dealkylation sites (N-methyl/N-ethyl adjacent to an activating group) is 1. The normalized spacial score (nSPS) is 12.9. The van der Waals surface area contributed by atoms with E-state index in [4.69, 9.17) is 10.6 Å². The van der Waals surface area contributed by atoms with Gasteiger partial charge in [0.25, 0.3) is 5.91 Å². The van der Waals surface area contributed by atoms with Gasteiger partial charge in [0.05, 0.1) is 6.04 Å². The molecule has 90 valence electrons. The van der Waals surface area contributed by atoms with Crippen LogP contribution in [0.1, 0.15) is 26.2 Å². The maximum atomic E-state index is 11.5. The van der Waals surface area contributed by atoms with E-state index < -0.39 is 0 Å². The minimum Gasteiger partial charge on any atom is -0.385 e. The Labute approximate surface area is 91.9 Å². The summed E-state index contributed by atoms with van der Waals surface area (Å²) < 4.78 is 4.97. The summed E-state index contributed by atoms with van der Waals surface area (Å²) in [5.74, 6) is 5.03. The van der Waals surface area contributed by atoms with Crippen LogP contribution in [0.25, 0.3) is 0 Å². The lowest BCUT2D eigenvalue weighted by molar-refractivity contribution is -0.126. The first kappa shape index (κ1) is 14.3. The lowest BCUT2D eigenvalue weighted by Crippen LogP contribution is -2.47. The van der Waals surface area contributed by atoms with Gasteiger partial charge in [0, 0.05) is 20.3 Å². The molecule has 0 fully saturated rings. The van der Waals surface area contributed by atoms with Gasteiger partial charge in [-0.2, -0.15) is 0 Å². The second-order valence-corrected chi connectivity index (χ2v) is 3.64. The molecule has 0 aliphatic carbocycles. The van der Waals surface area contributed by atoms with Crippen molar-refractivity contribution in [3.8, 4) is 0 Å². The molecule has 0 heterocycles. The van der Waals surface area contributed by atoms with E-state index in [0.717, 1.165) is 25.8 Å². The van der Waals surface area contributed by atoms with Gasteiger partial charge < -0.3 is 4.74 Å². The lowest BCUT2D eigenvalue weighted by atomic mass is 10.1. The molecule has 0 radical (unpaired) electrons. The topological polar surface area (TPSA) is 67.6 Å². The average Bonchev–Trinajstić information content (AvgIpc) is 2.25. The molecule has 0 aromatic rings. The predicted octanol–water partition coefficient (Wildman–Crippen LogP) is 0.113. The maximum Gasteiger partial charge on any atom is 0.251 e. The highest BCUT2D eigenvalue weighted by atomic mass is 16.5. The van der Waals surface area contributed by atoms with Crippen LogP contribution in [0.4, 0.5) is 0 Å². The molecule has 0 bridgehead atoms.